The maximum absolute atomic E-state index is 10.9. The largest absolute Gasteiger partial charge is 0.481 e. The third-order valence-corrected chi connectivity index (χ3v) is 3.54. The third kappa shape index (κ3) is 4.21. The summed E-state index contributed by atoms with van der Waals surface area (Å²) in [6.07, 6.45) is 3.90. The van der Waals surface area contributed by atoms with Gasteiger partial charge >= 0.3 is 5.97 Å². The highest BCUT2D eigenvalue weighted by atomic mass is 16.4. The van der Waals surface area contributed by atoms with Gasteiger partial charge in [0.1, 0.15) is 0 Å². The van der Waals surface area contributed by atoms with Gasteiger partial charge in [-0.3, -0.25) is 9.69 Å². The zero-order valence-electron chi connectivity index (χ0n) is 11.4. The Hall–Kier alpha value is -1.61. The summed E-state index contributed by atoms with van der Waals surface area (Å²) >= 11 is 0. The molecule has 2 rings (SSSR count). The molecule has 3 nitrogen and oxygen atoms in total. The van der Waals surface area contributed by atoms with E-state index in [9.17, 15) is 4.79 Å². The Morgan fingerprint density at radius 1 is 1.37 bits per heavy atom. The number of benzene rings is 1. The van der Waals surface area contributed by atoms with E-state index in [-0.39, 0.29) is 5.92 Å². The second-order valence-electron chi connectivity index (χ2n) is 5.29. The molecule has 0 amide bonds. The number of aliphatic carboxylic acids is 1. The van der Waals surface area contributed by atoms with Crippen molar-refractivity contribution in [2.75, 3.05) is 13.1 Å². The van der Waals surface area contributed by atoms with Crippen LogP contribution in [0.2, 0.25) is 0 Å². The van der Waals surface area contributed by atoms with Gasteiger partial charge < -0.3 is 5.11 Å². The molecule has 1 N–H and O–H groups in total. The molecule has 0 aromatic heterocycles. The van der Waals surface area contributed by atoms with Crippen molar-refractivity contribution < 1.29 is 9.90 Å². The van der Waals surface area contributed by atoms with E-state index in [2.05, 4.69) is 35.2 Å². The fourth-order valence-corrected chi connectivity index (χ4v) is 2.49. The molecule has 0 saturated carbocycles. The number of carboxylic acid groups (broad SMARTS) is 1. The minimum Gasteiger partial charge on any atom is -0.481 e. The Morgan fingerprint density at radius 3 is 2.79 bits per heavy atom. The van der Waals surface area contributed by atoms with Crippen molar-refractivity contribution in [2.45, 2.75) is 26.3 Å². The average molecular weight is 259 g/mol. The van der Waals surface area contributed by atoms with Gasteiger partial charge in [0.25, 0.3) is 0 Å². The predicted octanol–water partition coefficient (Wildman–Crippen LogP) is 2.93. The van der Waals surface area contributed by atoms with Gasteiger partial charge in [-0.25, -0.2) is 0 Å². The topological polar surface area (TPSA) is 40.5 Å². The minimum absolute atomic E-state index is 0.289. The molecular formula is C16H21NO2. The van der Waals surface area contributed by atoms with Crippen LogP contribution in [0.25, 0.3) is 0 Å². The summed E-state index contributed by atoms with van der Waals surface area (Å²) in [5.74, 6) is -0.996. The summed E-state index contributed by atoms with van der Waals surface area (Å²) in [4.78, 5) is 13.3. The molecule has 1 atom stereocenters. The van der Waals surface area contributed by atoms with Crippen LogP contribution in [0.1, 0.15) is 25.3 Å². The maximum Gasteiger partial charge on any atom is 0.306 e. The summed E-state index contributed by atoms with van der Waals surface area (Å²) in [5.41, 5.74) is 2.58. The Labute approximate surface area is 114 Å². The van der Waals surface area contributed by atoms with Crippen molar-refractivity contribution in [3.05, 3.63) is 47.5 Å². The molecule has 3 heteroatoms. The quantitative estimate of drug-likeness (QED) is 0.827. The molecule has 1 aromatic rings. The molecule has 0 spiro atoms. The van der Waals surface area contributed by atoms with Crippen LogP contribution >= 0.6 is 0 Å². The summed E-state index contributed by atoms with van der Waals surface area (Å²) in [6.45, 7) is 4.67. The van der Waals surface area contributed by atoms with E-state index in [0.717, 1.165) is 26.1 Å². The number of carbonyl (C=O) groups is 1. The van der Waals surface area contributed by atoms with Gasteiger partial charge in [0, 0.05) is 19.6 Å². The summed E-state index contributed by atoms with van der Waals surface area (Å²) in [6, 6.07) is 10.4. The molecule has 0 bridgehead atoms. The number of rotatable bonds is 5. The van der Waals surface area contributed by atoms with Crippen LogP contribution in [-0.4, -0.2) is 29.1 Å². The summed E-state index contributed by atoms with van der Waals surface area (Å²) < 4.78 is 0. The van der Waals surface area contributed by atoms with E-state index in [1.807, 2.05) is 6.07 Å². The van der Waals surface area contributed by atoms with Crippen LogP contribution in [0.3, 0.4) is 0 Å². The lowest BCUT2D eigenvalue weighted by atomic mass is 9.97. The highest BCUT2D eigenvalue weighted by Crippen LogP contribution is 2.19. The Kier molecular flexibility index (Phi) is 4.74. The number of hydrogen-bond acceptors (Lipinski definition) is 2. The number of nitrogens with zero attached hydrogens (tertiary/aromatic N) is 1. The van der Waals surface area contributed by atoms with Crippen LogP contribution < -0.4 is 0 Å². The molecule has 1 unspecified atom stereocenters. The third-order valence-electron chi connectivity index (χ3n) is 3.54. The van der Waals surface area contributed by atoms with Crippen molar-refractivity contribution >= 4 is 5.97 Å². The standard InChI is InChI=1S/C16H21NO2/c1-13(16(18)19)10-15-8-5-9-17(12-15)11-14-6-3-2-4-7-14/h2-4,6-8,13H,5,9-12H2,1H3,(H,18,19). The second kappa shape index (κ2) is 6.53. The molecule has 0 aliphatic carbocycles. The monoisotopic (exact) mass is 259 g/mol. The Balaban J connectivity index is 1.89. The van der Waals surface area contributed by atoms with Gasteiger partial charge in [-0.15, -0.1) is 0 Å². The predicted molar refractivity (Wildman–Crippen MR) is 75.8 cm³/mol. The zero-order valence-corrected chi connectivity index (χ0v) is 11.4. The molecule has 1 aromatic carbocycles. The van der Waals surface area contributed by atoms with Crippen LogP contribution in [0.15, 0.2) is 42.0 Å². The first kappa shape index (κ1) is 13.8. The number of hydrogen-bond donors (Lipinski definition) is 1. The van der Waals surface area contributed by atoms with Crippen molar-refractivity contribution in [3.63, 3.8) is 0 Å². The van der Waals surface area contributed by atoms with E-state index < -0.39 is 5.97 Å². The van der Waals surface area contributed by atoms with E-state index in [1.54, 1.807) is 6.92 Å². The summed E-state index contributed by atoms with van der Waals surface area (Å²) in [5, 5.41) is 8.97. The van der Waals surface area contributed by atoms with Gasteiger partial charge in [-0.1, -0.05) is 48.9 Å². The zero-order chi connectivity index (χ0) is 13.7. The van der Waals surface area contributed by atoms with Gasteiger partial charge in [-0.05, 0) is 18.4 Å². The van der Waals surface area contributed by atoms with Gasteiger partial charge in [0.15, 0.2) is 0 Å². The first-order chi connectivity index (χ1) is 9.15. The molecule has 1 aliphatic heterocycles. The molecule has 1 heterocycles. The molecule has 0 fully saturated rings. The fourth-order valence-electron chi connectivity index (χ4n) is 2.49. The van der Waals surface area contributed by atoms with E-state index in [1.165, 1.54) is 11.1 Å². The van der Waals surface area contributed by atoms with Crippen molar-refractivity contribution in [1.29, 1.82) is 0 Å². The minimum atomic E-state index is -0.707. The van der Waals surface area contributed by atoms with Gasteiger partial charge in [0.05, 0.1) is 5.92 Å². The lowest BCUT2D eigenvalue weighted by Gasteiger charge is -2.28. The van der Waals surface area contributed by atoms with E-state index in [4.69, 9.17) is 5.11 Å². The number of carboxylic acids is 1. The second-order valence-corrected chi connectivity index (χ2v) is 5.29. The van der Waals surface area contributed by atoms with E-state index in [0.29, 0.717) is 6.42 Å². The smallest absolute Gasteiger partial charge is 0.306 e. The molecule has 102 valence electrons. The Morgan fingerprint density at radius 2 is 2.11 bits per heavy atom. The molecule has 1 aliphatic rings. The molecule has 0 saturated heterocycles. The molecule has 0 radical (unpaired) electrons. The first-order valence-electron chi connectivity index (χ1n) is 6.82. The van der Waals surface area contributed by atoms with Crippen LogP contribution in [0.5, 0.6) is 0 Å². The normalized spacial score (nSPS) is 17.8. The van der Waals surface area contributed by atoms with Crippen LogP contribution in [0.4, 0.5) is 0 Å². The lowest BCUT2D eigenvalue weighted by molar-refractivity contribution is -0.141. The van der Waals surface area contributed by atoms with Gasteiger partial charge in [-0.2, -0.15) is 0 Å². The van der Waals surface area contributed by atoms with Crippen molar-refractivity contribution in [2.24, 2.45) is 5.92 Å². The SMILES string of the molecule is CC(CC1=CCCN(Cc2ccccc2)C1)C(=O)O. The Bertz CT molecular complexity index is 453. The summed E-state index contributed by atoms with van der Waals surface area (Å²) in [7, 11) is 0. The highest BCUT2D eigenvalue weighted by molar-refractivity contribution is 5.69. The maximum atomic E-state index is 10.9. The molecule has 19 heavy (non-hydrogen) atoms. The van der Waals surface area contributed by atoms with E-state index >= 15 is 0 Å². The lowest BCUT2D eigenvalue weighted by Crippen LogP contribution is -2.30. The van der Waals surface area contributed by atoms with Crippen molar-refractivity contribution in [3.8, 4) is 0 Å². The molecular weight excluding hydrogens is 238 g/mol. The average Bonchev–Trinajstić information content (AvgIpc) is 2.40. The van der Waals surface area contributed by atoms with Crippen molar-refractivity contribution in [1.82, 2.24) is 4.90 Å². The van der Waals surface area contributed by atoms with Gasteiger partial charge in [0.2, 0.25) is 0 Å². The van der Waals surface area contributed by atoms with Crippen LogP contribution in [0, 0.1) is 5.92 Å². The first-order valence-corrected chi connectivity index (χ1v) is 6.82. The highest BCUT2D eigenvalue weighted by Gasteiger charge is 2.18. The fraction of sp³-hybridized carbons (Fsp3) is 0.438. The van der Waals surface area contributed by atoms with Crippen LogP contribution in [-0.2, 0) is 11.3 Å².